The van der Waals surface area contributed by atoms with Gasteiger partial charge in [0.05, 0.1) is 6.54 Å². The highest BCUT2D eigenvalue weighted by atomic mass is 16.3. The number of hydrogen-bond acceptors (Lipinski definition) is 3. The van der Waals surface area contributed by atoms with Gasteiger partial charge in [0.1, 0.15) is 11.3 Å². The smallest absolute Gasteiger partial charge is 0.269 e. The van der Waals surface area contributed by atoms with Gasteiger partial charge in [-0.15, -0.1) is 0 Å². The fourth-order valence-electron chi connectivity index (χ4n) is 2.57. The molecule has 4 heteroatoms. The maximum Gasteiger partial charge on any atom is 0.269 e. The molecule has 0 spiro atoms. The summed E-state index contributed by atoms with van der Waals surface area (Å²) in [6.45, 7) is 0.205. The summed E-state index contributed by atoms with van der Waals surface area (Å²) in [6.07, 6.45) is 3.56. The third-order valence-electron chi connectivity index (χ3n) is 3.94. The molecule has 1 heterocycles. The summed E-state index contributed by atoms with van der Waals surface area (Å²) in [5.41, 5.74) is 0.226. The Hall–Kier alpha value is -2.20. The Bertz CT molecular complexity index is 611. The van der Waals surface area contributed by atoms with Crippen LogP contribution in [0.2, 0.25) is 0 Å². The molecule has 21 heavy (non-hydrogen) atoms. The maximum atomic E-state index is 12.1. The second-order valence-corrected chi connectivity index (χ2v) is 5.46. The number of nitrogens with zero attached hydrogens (tertiary/aromatic N) is 1. The summed E-state index contributed by atoms with van der Waals surface area (Å²) < 4.78 is 0. The molecule has 1 saturated carbocycles. The van der Waals surface area contributed by atoms with Crippen molar-refractivity contribution in [1.82, 2.24) is 10.3 Å². The third-order valence-corrected chi connectivity index (χ3v) is 3.94. The monoisotopic (exact) mass is 282 g/mol. The largest absolute Gasteiger partial charge is 0.383 e. The normalized spacial score (nSPS) is 17.0. The van der Waals surface area contributed by atoms with Gasteiger partial charge in [-0.3, -0.25) is 9.78 Å². The van der Waals surface area contributed by atoms with Gasteiger partial charge in [-0.1, -0.05) is 36.4 Å². The Labute approximate surface area is 123 Å². The Morgan fingerprint density at radius 2 is 1.90 bits per heavy atom. The molecular weight excluding hydrogens is 264 g/mol. The second-order valence-electron chi connectivity index (χ2n) is 5.46. The first kappa shape index (κ1) is 13.8. The minimum absolute atomic E-state index is 0.205. The van der Waals surface area contributed by atoms with Crippen molar-refractivity contribution in [3.8, 4) is 0 Å². The van der Waals surface area contributed by atoms with Crippen molar-refractivity contribution in [2.24, 2.45) is 5.92 Å². The second kappa shape index (κ2) is 5.66. The standard InChI is InChI=1S/C17H18N2O2/c20-16(15-8-4-5-11-18-15)19-12-17(21,14-9-10-14)13-6-2-1-3-7-13/h1-8,11,14,21H,9-10,12H2,(H,19,20)/t17-/m1/s1. The molecule has 1 aromatic heterocycles. The summed E-state index contributed by atoms with van der Waals surface area (Å²) >= 11 is 0. The Morgan fingerprint density at radius 3 is 2.52 bits per heavy atom. The van der Waals surface area contributed by atoms with Crippen LogP contribution in [0, 0.1) is 5.92 Å². The van der Waals surface area contributed by atoms with Gasteiger partial charge in [0.2, 0.25) is 0 Å². The zero-order chi connectivity index (χ0) is 14.7. The van der Waals surface area contributed by atoms with Crippen LogP contribution in [0.3, 0.4) is 0 Å². The van der Waals surface area contributed by atoms with Gasteiger partial charge in [0, 0.05) is 6.20 Å². The van der Waals surface area contributed by atoms with Crippen LogP contribution in [0.25, 0.3) is 0 Å². The van der Waals surface area contributed by atoms with E-state index in [1.807, 2.05) is 30.3 Å². The number of benzene rings is 1. The number of carbonyl (C=O) groups is 1. The number of rotatable bonds is 5. The van der Waals surface area contributed by atoms with Gasteiger partial charge in [0.25, 0.3) is 5.91 Å². The molecule has 3 rings (SSSR count). The van der Waals surface area contributed by atoms with Crippen LogP contribution in [0.1, 0.15) is 28.9 Å². The summed E-state index contributed by atoms with van der Waals surface area (Å²) in [5, 5.41) is 13.8. The van der Waals surface area contributed by atoms with Gasteiger partial charge in [-0.25, -0.2) is 0 Å². The van der Waals surface area contributed by atoms with Crippen LogP contribution in [0.4, 0.5) is 0 Å². The van der Waals surface area contributed by atoms with Crippen molar-refractivity contribution < 1.29 is 9.90 Å². The van der Waals surface area contributed by atoms with Gasteiger partial charge < -0.3 is 10.4 Å². The van der Waals surface area contributed by atoms with E-state index in [0.717, 1.165) is 18.4 Å². The molecule has 1 amide bonds. The molecule has 1 aromatic carbocycles. The van der Waals surface area contributed by atoms with Crippen molar-refractivity contribution in [1.29, 1.82) is 0 Å². The fourth-order valence-corrected chi connectivity index (χ4v) is 2.57. The van der Waals surface area contributed by atoms with Crippen molar-refractivity contribution in [3.05, 3.63) is 66.0 Å². The Kier molecular flexibility index (Phi) is 3.71. The molecule has 0 bridgehead atoms. The molecule has 2 N–H and O–H groups in total. The van der Waals surface area contributed by atoms with E-state index in [1.54, 1.807) is 24.4 Å². The lowest BCUT2D eigenvalue weighted by atomic mass is 9.88. The average molecular weight is 282 g/mol. The lowest BCUT2D eigenvalue weighted by Gasteiger charge is -2.29. The topological polar surface area (TPSA) is 62.2 Å². The van der Waals surface area contributed by atoms with Crippen LogP contribution in [-0.4, -0.2) is 22.5 Å². The van der Waals surface area contributed by atoms with E-state index in [2.05, 4.69) is 10.3 Å². The molecule has 0 saturated heterocycles. The minimum Gasteiger partial charge on any atom is -0.383 e. The van der Waals surface area contributed by atoms with Gasteiger partial charge in [-0.2, -0.15) is 0 Å². The lowest BCUT2D eigenvalue weighted by Crippen LogP contribution is -2.42. The van der Waals surface area contributed by atoms with E-state index in [1.165, 1.54) is 0 Å². The predicted octanol–water partition coefficient (Wildman–Crippen LogP) is 2.11. The molecule has 4 nitrogen and oxygen atoms in total. The van der Waals surface area contributed by atoms with E-state index in [9.17, 15) is 9.90 Å². The summed E-state index contributed by atoms with van der Waals surface area (Å²) in [5.74, 6) is -0.0467. The van der Waals surface area contributed by atoms with E-state index >= 15 is 0 Å². The molecule has 1 aliphatic carbocycles. The zero-order valence-corrected chi connectivity index (χ0v) is 11.7. The van der Waals surface area contributed by atoms with E-state index < -0.39 is 5.60 Å². The molecule has 2 aromatic rings. The predicted molar refractivity (Wildman–Crippen MR) is 79.6 cm³/mol. The van der Waals surface area contributed by atoms with Gasteiger partial charge in [-0.05, 0) is 36.5 Å². The van der Waals surface area contributed by atoms with E-state index in [4.69, 9.17) is 0 Å². The number of hydrogen-bond donors (Lipinski definition) is 2. The van der Waals surface area contributed by atoms with Crippen molar-refractivity contribution in [3.63, 3.8) is 0 Å². The number of aromatic nitrogens is 1. The first-order valence-corrected chi connectivity index (χ1v) is 7.17. The summed E-state index contributed by atoms with van der Waals surface area (Å²) in [7, 11) is 0. The highest BCUT2D eigenvalue weighted by Gasteiger charge is 2.45. The van der Waals surface area contributed by atoms with Crippen LogP contribution in [0.15, 0.2) is 54.7 Å². The maximum absolute atomic E-state index is 12.1. The molecule has 0 radical (unpaired) electrons. The van der Waals surface area contributed by atoms with Crippen LogP contribution in [0.5, 0.6) is 0 Å². The SMILES string of the molecule is O=C(NC[C@@](O)(c1ccccc1)C1CC1)c1ccccn1. The highest BCUT2D eigenvalue weighted by molar-refractivity contribution is 5.92. The quantitative estimate of drug-likeness (QED) is 0.883. The molecule has 1 aliphatic rings. The number of amides is 1. The molecule has 0 aliphatic heterocycles. The summed E-state index contributed by atoms with van der Waals surface area (Å²) in [6, 6.07) is 14.7. The molecule has 1 atom stereocenters. The van der Waals surface area contributed by atoms with Crippen molar-refractivity contribution in [2.45, 2.75) is 18.4 Å². The molecule has 108 valence electrons. The van der Waals surface area contributed by atoms with Gasteiger partial charge in [0.15, 0.2) is 0 Å². The average Bonchev–Trinajstić information content (AvgIpc) is 3.39. The third kappa shape index (κ3) is 2.95. The van der Waals surface area contributed by atoms with Crippen LogP contribution < -0.4 is 5.32 Å². The highest BCUT2D eigenvalue weighted by Crippen LogP contribution is 2.45. The zero-order valence-electron chi connectivity index (χ0n) is 11.7. The number of aliphatic hydroxyl groups is 1. The first-order chi connectivity index (χ1) is 10.2. The van der Waals surface area contributed by atoms with E-state index in [0.29, 0.717) is 5.69 Å². The lowest BCUT2D eigenvalue weighted by molar-refractivity contribution is 0.0134. The Balaban J connectivity index is 1.73. The minimum atomic E-state index is -0.994. The number of pyridine rings is 1. The fraction of sp³-hybridized carbons (Fsp3) is 0.294. The van der Waals surface area contributed by atoms with Crippen molar-refractivity contribution >= 4 is 5.91 Å². The van der Waals surface area contributed by atoms with E-state index in [-0.39, 0.29) is 18.4 Å². The molecule has 0 unspecified atom stereocenters. The number of carbonyl (C=O) groups excluding carboxylic acids is 1. The van der Waals surface area contributed by atoms with Crippen LogP contribution >= 0.6 is 0 Å². The van der Waals surface area contributed by atoms with Gasteiger partial charge >= 0.3 is 0 Å². The van der Waals surface area contributed by atoms with Crippen LogP contribution in [-0.2, 0) is 5.60 Å². The van der Waals surface area contributed by atoms with Crippen molar-refractivity contribution in [2.75, 3.05) is 6.54 Å². The summed E-state index contributed by atoms with van der Waals surface area (Å²) in [4.78, 5) is 16.1. The first-order valence-electron chi connectivity index (χ1n) is 7.17. The Morgan fingerprint density at radius 1 is 1.19 bits per heavy atom. The molecular formula is C17H18N2O2. The molecule has 1 fully saturated rings. The number of nitrogens with one attached hydrogen (secondary N) is 1.